The summed E-state index contributed by atoms with van der Waals surface area (Å²) in [5.41, 5.74) is 8.78. The topological polar surface area (TPSA) is 78.9 Å². The van der Waals surface area contributed by atoms with E-state index < -0.39 is 5.91 Å². The molecule has 0 heterocycles. The highest BCUT2D eigenvalue weighted by Crippen LogP contribution is 2.21. The van der Waals surface area contributed by atoms with Crippen LogP contribution in [0.1, 0.15) is 21.5 Å². The molecule has 2 aromatic rings. The third-order valence-electron chi connectivity index (χ3n) is 2.74. The molecule has 94 valence electrons. The Labute approximate surface area is 111 Å². The molecule has 0 aliphatic rings. The van der Waals surface area contributed by atoms with Crippen molar-refractivity contribution < 1.29 is 4.79 Å². The van der Waals surface area contributed by atoms with Crippen molar-refractivity contribution in [2.75, 3.05) is 5.32 Å². The molecular formula is C15H13N3O. The quantitative estimate of drug-likeness (QED) is 0.880. The first kappa shape index (κ1) is 12.7. The summed E-state index contributed by atoms with van der Waals surface area (Å²) in [7, 11) is 0. The summed E-state index contributed by atoms with van der Waals surface area (Å²) in [5, 5.41) is 12.2. The summed E-state index contributed by atoms with van der Waals surface area (Å²) >= 11 is 0. The Kier molecular flexibility index (Phi) is 3.48. The number of amides is 1. The van der Waals surface area contributed by atoms with Gasteiger partial charge in [-0.25, -0.2) is 0 Å². The van der Waals surface area contributed by atoms with Crippen LogP contribution in [-0.2, 0) is 0 Å². The number of hydrogen-bond acceptors (Lipinski definition) is 3. The Morgan fingerprint density at radius 1 is 1.21 bits per heavy atom. The van der Waals surface area contributed by atoms with E-state index in [1.807, 2.05) is 25.1 Å². The van der Waals surface area contributed by atoms with Crippen LogP contribution >= 0.6 is 0 Å². The van der Waals surface area contributed by atoms with Gasteiger partial charge >= 0.3 is 0 Å². The van der Waals surface area contributed by atoms with E-state index in [2.05, 4.69) is 11.4 Å². The van der Waals surface area contributed by atoms with E-state index in [1.54, 1.807) is 24.3 Å². The van der Waals surface area contributed by atoms with Crippen LogP contribution in [-0.4, -0.2) is 5.91 Å². The lowest BCUT2D eigenvalue weighted by molar-refractivity contribution is 0.100. The molecule has 2 aromatic carbocycles. The lowest BCUT2D eigenvalue weighted by Gasteiger charge is -2.09. The molecule has 0 unspecified atom stereocenters. The second-order valence-electron chi connectivity index (χ2n) is 4.23. The highest BCUT2D eigenvalue weighted by Gasteiger charge is 2.04. The summed E-state index contributed by atoms with van der Waals surface area (Å²) < 4.78 is 0. The molecule has 0 aliphatic heterocycles. The minimum atomic E-state index is -0.459. The predicted molar refractivity (Wildman–Crippen MR) is 74.1 cm³/mol. The fraction of sp³-hybridized carbons (Fsp3) is 0.0667. The molecule has 0 radical (unpaired) electrons. The smallest absolute Gasteiger partial charge is 0.248 e. The second kappa shape index (κ2) is 5.23. The normalized spacial score (nSPS) is 9.68. The fourth-order valence-corrected chi connectivity index (χ4v) is 1.73. The van der Waals surface area contributed by atoms with Crippen LogP contribution in [0.15, 0.2) is 42.5 Å². The minimum Gasteiger partial charge on any atom is -0.366 e. The van der Waals surface area contributed by atoms with Crippen LogP contribution < -0.4 is 11.1 Å². The Balaban J connectivity index is 2.26. The summed E-state index contributed by atoms with van der Waals surface area (Å²) in [6, 6.07) is 14.5. The number of nitrogens with zero attached hydrogens (tertiary/aromatic N) is 1. The number of aryl methyl sites for hydroxylation is 1. The summed E-state index contributed by atoms with van der Waals surface area (Å²) in [4.78, 5) is 11.0. The SMILES string of the molecule is Cc1ccc(Nc2ccc(C(N)=O)cc2)c(C#N)c1. The van der Waals surface area contributed by atoms with Crippen molar-refractivity contribution in [2.24, 2.45) is 5.73 Å². The Morgan fingerprint density at radius 2 is 1.89 bits per heavy atom. The highest BCUT2D eigenvalue weighted by atomic mass is 16.1. The van der Waals surface area contributed by atoms with Gasteiger partial charge < -0.3 is 11.1 Å². The van der Waals surface area contributed by atoms with Gasteiger partial charge in [-0.1, -0.05) is 6.07 Å². The number of benzene rings is 2. The molecule has 2 rings (SSSR count). The van der Waals surface area contributed by atoms with E-state index in [9.17, 15) is 4.79 Å². The lowest BCUT2D eigenvalue weighted by atomic mass is 10.1. The van der Waals surface area contributed by atoms with Crippen molar-refractivity contribution >= 4 is 17.3 Å². The van der Waals surface area contributed by atoms with Gasteiger partial charge in [0, 0.05) is 11.3 Å². The Hall–Kier alpha value is -2.80. The van der Waals surface area contributed by atoms with Gasteiger partial charge in [-0.2, -0.15) is 5.26 Å². The van der Waals surface area contributed by atoms with Crippen LogP contribution in [0.25, 0.3) is 0 Å². The van der Waals surface area contributed by atoms with Gasteiger partial charge in [0.25, 0.3) is 0 Å². The van der Waals surface area contributed by atoms with E-state index in [0.717, 1.165) is 16.9 Å². The number of rotatable bonds is 3. The van der Waals surface area contributed by atoms with Gasteiger partial charge in [0.1, 0.15) is 6.07 Å². The monoisotopic (exact) mass is 251 g/mol. The van der Waals surface area contributed by atoms with E-state index in [4.69, 9.17) is 11.0 Å². The van der Waals surface area contributed by atoms with E-state index in [0.29, 0.717) is 11.1 Å². The number of carbonyl (C=O) groups is 1. The number of carbonyl (C=O) groups excluding carboxylic acids is 1. The van der Waals surface area contributed by atoms with Gasteiger partial charge in [0.05, 0.1) is 11.3 Å². The average Bonchev–Trinajstić information content (AvgIpc) is 2.41. The van der Waals surface area contributed by atoms with Crippen LogP contribution in [0.5, 0.6) is 0 Å². The minimum absolute atomic E-state index is 0.454. The average molecular weight is 251 g/mol. The molecule has 0 aliphatic carbocycles. The number of primary amides is 1. The molecule has 0 aromatic heterocycles. The van der Waals surface area contributed by atoms with Crippen LogP contribution in [0.2, 0.25) is 0 Å². The van der Waals surface area contributed by atoms with Crippen molar-refractivity contribution in [3.05, 3.63) is 59.2 Å². The van der Waals surface area contributed by atoms with E-state index in [-0.39, 0.29) is 0 Å². The summed E-state index contributed by atoms with van der Waals surface area (Å²) in [6.07, 6.45) is 0. The zero-order chi connectivity index (χ0) is 13.8. The molecule has 3 N–H and O–H groups in total. The second-order valence-corrected chi connectivity index (χ2v) is 4.23. The van der Waals surface area contributed by atoms with Crippen molar-refractivity contribution in [2.45, 2.75) is 6.92 Å². The lowest BCUT2D eigenvalue weighted by Crippen LogP contribution is -2.10. The number of nitriles is 1. The van der Waals surface area contributed by atoms with Crippen LogP contribution in [0.3, 0.4) is 0 Å². The number of hydrogen-bond donors (Lipinski definition) is 2. The molecule has 4 heteroatoms. The van der Waals surface area contributed by atoms with Gasteiger partial charge in [-0.3, -0.25) is 4.79 Å². The first-order valence-electron chi connectivity index (χ1n) is 5.78. The predicted octanol–water partition coefficient (Wildman–Crippen LogP) is 2.71. The van der Waals surface area contributed by atoms with Crippen molar-refractivity contribution in [3.63, 3.8) is 0 Å². The fourth-order valence-electron chi connectivity index (χ4n) is 1.73. The third-order valence-corrected chi connectivity index (χ3v) is 2.74. The summed E-state index contributed by atoms with van der Waals surface area (Å²) in [6.45, 7) is 1.94. The molecular weight excluding hydrogens is 238 g/mol. The van der Waals surface area contributed by atoms with E-state index in [1.165, 1.54) is 0 Å². The van der Waals surface area contributed by atoms with Crippen molar-refractivity contribution in [1.29, 1.82) is 5.26 Å². The molecule has 0 bridgehead atoms. The maximum Gasteiger partial charge on any atom is 0.248 e. The molecule has 19 heavy (non-hydrogen) atoms. The molecule has 0 atom stereocenters. The van der Waals surface area contributed by atoms with E-state index >= 15 is 0 Å². The molecule has 0 saturated heterocycles. The number of anilines is 2. The summed E-state index contributed by atoms with van der Waals surface area (Å²) in [5.74, 6) is -0.459. The van der Waals surface area contributed by atoms with Gasteiger partial charge in [-0.05, 0) is 48.9 Å². The first-order chi connectivity index (χ1) is 9.10. The first-order valence-corrected chi connectivity index (χ1v) is 5.78. The Bertz CT molecular complexity index is 654. The van der Waals surface area contributed by atoms with Crippen molar-refractivity contribution in [3.8, 4) is 6.07 Å². The van der Waals surface area contributed by atoms with Crippen LogP contribution in [0, 0.1) is 18.3 Å². The van der Waals surface area contributed by atoms with Gasteiger partial charge in [0.2, 0.25) is 5.91 Å². The maximum atomic E-state index is 11.0. The van der Waals surface area contributed by atoms with Crippen LogP contribution in [0.4, 0.5) is 11.4 Å². The molecule has 1 amide bonds. The molecule has 0 saturated carbocycles. The largest absolute Gasteiger partial charge is 0.366 e. The Morgan fingerprint density at radius 3 is 2.47 bits per heavy atom. The molecule has 0 spiro atoms. The zero-order valence-corrected chi connectivity index (χ0v) is 10.5. The molecule has 4 nitrogen and oxygen atoms in total. The van der Waals surface area contributed by atoms with Crippen molar-refractivity contribution in [1.82, 2.24) is 0 Å². The molecule has 0 fully saturated rings. The highest BCUT2D eigenvalue weighted by molar-refractivity contribution is 5.93. The number of nitrogens with two attached hydrogens (primary N) is 1. The number of nitrogens with one attached hydrogen (secondary N) is 1. The van der Waals surface area contributed by atoms with Gasteiger partial charge in [0.15, 0.2) is 0 Å². The zero-order valence-electron chi connectivity index (χ0n) is 10.5. The third kappa shape index (κ3) is 2.90. The standard InChI is InChI=1S/C15H13N3O/c1-10-2-7-14(12(8-10)9-16)18-13-5-3-11(4-6-13)15(17)19/h2-8,18H,1H3,(H2,17,19). The van der Waals surface area contributed by atoms with Gasteiger partial charge in [-0.15, -0.1) is 0 Å². The maximum absolute atomic E-state index is 11.0.